The van der Waals surface area contributed by atoms with Crippen molar-refractivity contribution in [1.82, 2.24) is 20.1 Å². The summed E-state index contributed by atoms with van der Waals surface area (Å²) in [7, 11) is -4.58. The minimum atomic E-state index is -4.58. The molecule has 0 radical (unpaired) electrons. The minimum absolute atomic E-state index is 0.00110. The van der Waals surface area contributed by atoms with Crippen molar-refractivity contribution in [1.29, 1.82) is 0 Å². The van der Waals surface area contributed by atoms with Crippen molar-refractivity contribution in [2.45, 2.75) is 117 Å². The zero-order chi connectivity index (χ0) is 35.5. The molecule has 1 aromatic carbocycles. The van der Waals surface area contributed by atoms with Crippen molar-refractivity contribution in [2.75, 3.05) is 26.4 Å². The van der Waals surface area contributed by atoms with Gasteiger partial charge in [-0.25, -0.2) is 4.79 Å². The lowest BCUT2D eigenvalue weighted by molar-refractivity contribution is -0.149. The first-order valence-electron chi connectivity index (χ1n) is 16.4. The number of amides is 2. The van der Waals surface area contributed by atoms with Gasteiger partial charge in [0.05, 0.1) is 19.3 Å². The summed E-state index contributed by atoms with van der Waals surface area (Å²) in [6.07, 6.45) is 1.58. The van der Waals surface area contributed by atoms with Gasteiger partial charge in [0.2, 0.25) is 5.91 Å². The van der Waals surface area contributed by atoms with E-state index in [1.54, 1.807) is 65.8 Å². The molecule has 0 unspecified atom stereocenters. The van der Waals surface area contributed by atoms with Crippen LogP contribution in [-0.2, 0) is 35.7 Å². The van der Waals surface area contributed by atoms with Crippen LogP contribution < -0.4 is 24.8 Å². The highest BCUT2D eigenvalue weighted by molar-refractivity contribution is 7.87. The van der Waals surface area contributed by atoms with Crippen molar-refractivity contribution in [3.8, 4) is 5.75 Å². The molecule has 3 rings (SSSR count). The second-order valence-corrected chi connectivity index (χ2v) is 15.9. The zero-order valence-corrected chi connectivity index (χ0v) is 30.1. The van der Waals surface area contributed by atoms with Crippen LogP contribution in [0.1, 0.15) is 93.1 Å². The summed E-state index contributed by atoms with van der Waals surface area (Å²) in [5, 5.41) is 16.0. The third-order valence-electron chi connectivity index (χ3n) is 7.96. The predicted octanol–water partition coefficient (Wildman–Crippen LogP) is 3.92. The van der Waals surface area contributed by atoms with Crippen LogP contribution in [0, 0.1) is 11.3 Å². The molecular weight excluding hydrogens is 628 g/mol. The van der Waals surface area contributed by atoms with E-state index in [1.807, 2.05) is 13.8 Å². The average molecular weight is 685 g/mol. The van der Waals surface area contributed by atoms with Crippen molar-refractivity contribution in [3.05, 3.63) is 29.8 Å². The number of carboxylic acids is 1. The summed E-state index contributed by atoms with van der Waals surface area (Å²) in [6, 6.07) is 5.43. The number of nitrogens with one attached hydrogen (secondary N) is 4. The molecule has 2 bridgehead atoms. The summed E-state index contributed by atoms with van der Waals surface area (Å²) >= 11 is 0. The molecule has 0 saturated carbocycles. The predicted molar refractivity (Wildman–Crippen MR) is 179 cm³/mol. The maximum absolute atomic E-state index is 13.8. The highest BCUT2D eigenvalue weighted by Gasteiger charge is 2.51. The molecule has 1 aromatic rings. The molecule has 14 heteroatoms. The molecule has 2 amide bonds. The Balaban J connectivity index is 2.30. The number of carboxylic acid groups (broad SMARTS) is 1. The standard InChI is InChI=1S/C33H56N4O9S/c1-23(2)27-22-44-19-11-12-20-45-25-15-13-24(14-16-25)21-26(28(38)35-27)36-47(42,43)37-33(29(39)40,31(3,4)5)17-9-10-18-34-30(41)46-32(6,7)8/h13-16,23,26-27,36-37H,9-12,17-22H2,1-8H3,(H,34,41)(H,35,38)(H,39,40)/t26-,27-,33-/m1/s1. The number of unbranched alkanes of at least 4 members (excludes halogenated alkanes) is 1. The Labute approximate surface area is 280 Å². The number of ether oxygens (including phenoxy) is 3. The molecule has 3 atom stereocenters. The molecule has 0 spiro atoms. The SMILES string of the molecule is CC(C)[C@H]1COCCCCOc2ccc(cc2)C[C@@H](NS(=O)(=O)N[C@](CCCCNC(=O)OC(C)(C)C)(C(=O)O)C(C)(C)C)C(=O)N1. The van der Waals surface area contributed by atoms with E-state index in [4.69, 9.17) is 14.2 Å². The number of fused-ring (bicyclic) bond motifs is 13. The van der Waals surface area contributed by atoms with E-state index in [1.165, 1.54) is 0 Å². The Morgan fingerprint density at radius 3 is 2.26 bits per heavy atom. The van der Waals surface area contributed by atoms with Gasteiger partial charge in [0.25, 0.3) is 10.2 Å². The topological polar surface area (TPSA) is 181 Å². The molecule has 13 nitrogen and oxygen atoms in total. The third-order valence-corrected chi connectivity index (χ3v) is 9.17. The first kappa shape index (κ1) is 40.2. The van der Waals surface area contributed by atoms with E-state index in [0.717, 1.165) is 12.8 Å². The lowest BCUT2D eigenvalue weighted by Gasteiger charge is -2.41. The van der Waals surface area contributed by atoms with Crippen molar-refractivity contribution in [2.24, 2.45) is 11.3 Å². The Bertz CT molecular complexity index is 1270. The lowest BCUT2D eigenvalue weighted by atomic mass is 9.71. The Hall–Kier alpha value is -2.94. The van der Waals surface area contributed by atoms with Gasteiger partial charge >= 0.3 is 12.1 Å². The normalized spacial score (nSPS) is 20.1. The van der Waals surface area contributed by atoms with Gasteiger partial charge in [0.1, 0.15) is 22.9 Å². The second kappa shape index (κ2) is 17.5. The summed E-state index contributed by atoms with van der Waals surface area (Å²) in [6.45, 7) is 15.5. The first-order valence-corrected chi connectivity index (χ1v) is 17.8. The van der Waals surface area contributed by atoms with Crippen LogP contribution in [0.4, 0.5) is 4.79 Å². The molecule has 5 N–H and O–H groups in total. The quantitative estimate of drug-likeness (QED) is 0.216. The Morgan fingerprint density at radius 2 is 1.68 bits per heavy atom. The molecule has 47 heavy (non-hydrogen) atoms. The highest BCUT2D eigenvalue weighted by Crippen LogP contribution is 2.36. The third kappa shape index (κ3) is 13.6. The van der Waals surface area contributed by atoms with Gasteiger partial charge in [-0.2, -0.15) is 17.9 Å². The van der Waals surface area contributed by atoms with Gasteiger partial charge in [-0.15, -0.1) is 0 Å². The molecule has 2 aliphatic heterocycles. The number of carbonyl (C=O) groups excluding carboxylic acids is 2. The summed E-state index contributed by atoms with van der Waals surface area (Å²) in [5.74, 6) is -1.26. The zero-order valence-electron chi connectivity index (χ0n) is 29.2. The average Bonchev–Trinajstić information content (AvgIpc) is 2.93. The van der Waals surface area contributed by atoms with Crippen LogP contribution in [0.25, 0.3) is 0 Å². The fraction of sp³-hybridized carbons (Fsp3) is 0.727. The first-order chi connectivity index (χ1) is 21.7. The van der Waals surface area contributed by atoms with Gasteiger partial charge < -0.3 is 30.0 Å². The molecule has 268 valence electrons. The van der Waals surface area contributed by atoms with Gasteiger partial charge in [-0.05, 0) is 88.3 Å². The number of alkyl carbamates (subject to hydrolysis) is 1. The molecule has 2 heterocycles. The van der Waals surface area contributed by atoms with E-state index in [-0.39, 0.29) is 44.4 Å². The van der Waals surface area contributed by atoms with E-state index < -0.39 is 50.8 Å². The molecular formula is C33H56N4O9S. The maximum atomic E-state index is 13.8. The smallest absolute Gasteiger partial charge is 0.407 e. The van der Waals surface area contributed by atoms with Gasteiger partial charge in [-0.1, -0.05) is 46.8 Å². The molecule has 0 fully saturated rings. The summed E-state index contributed by atoms with van der Waals surface area (Å²) in [5.41, 5.74) is -3.00. The maximum Gasteiger partial charge on any atom is 0.407 e. The highest BCUT2D eigenvalue weighted by atomic mass is 32.2. The fourth-order valence-corrected chi connectivity index (χ4v) is 6.63. The number of hydrogen-bond donors (Lipinski definition) is 5. The van der Waals surface area contributed by atoms with Crippen molar-refractivity contribution in [3.63, 3.8) is 0 Å². The second-order valence-electron chi connectivity index (χ2n) is 14.5. The van der Waals surface area contributed by atoms with Crippen molar-refractivity contribution >= 4 is 28.2 Å². The number of aliphatic carboxylic acids is 1. The summed E-state index contributed by atoms with van der Waals surface area (Å²) in [4.78, 5) is 38.5. The van der Waals surface area contributed by atoms with E-state index in [0.29, 0.717) is 30.9 Å². The van der Waals surface area contributed by atoms with Crippen LogP contribution in [-0.4, -0.2) is 81.1 Å². The van der Waals surface area contributed by atoms with Gasteiger partial charge in [-0.3, -0.25) is 9.59 Å². The number of rotatable bonds is 11. The van der Waals surface area contributed by atoms with Crippen LogP contribution in [0.3, 0.4) is 0 Å². The Morgan fingerprint density at radius 1 is 1.04 bits per heavy atom. The fourth-order valence-electron chi connectivity index (χ4n) is 5.05. The van der Waals surface area contributed by atoms with E-state index >= 15 is 0 Å². The largest absolute Gasteiger partial charge is 0.494 e. The van der Waals surface area contributed by atoms with Crippen LogP contribution in [0.2, 0.25) is 0 Å². The van der Waals surface area contributed by atoms with Gasteiger partial charge in [0, 0.05) is 13.2 Å². The Kier molecular flexibility index (Phi) is 14.9. The summed E-state index contributed by atoms with van der Waals surface area (Å²) < 4.78 is 49.2. The van der Waals surface area contributed by atoms with Crippen LogP contribution >= 0.6 is 0 Å². The van der Waals surface area contributed by atoms with Crippen molar-refractivity contribution < 1.29 is 42.1 Å². The minimum Gasteiger partial charge on any atom is -0.494 e. The molecule has 0 saturated heterocycles. The molecule has 0 aliphatic carbocycles. The number of benzene rings is 1. The van der Waals surface area contributed by atoms with E-state index in [2.05, 4.69) is 20.1 Å². The van der Waals surface area contributed by atoms with Crippen LogP contribution in [0.5, 0.6) is 5.75 Å². The number of hydrogen-bond acceptors (Lipinski definition) is 8. The van der Waals surface area contributed by atoms with E-state index in [9.17, 15) is 27.9 Å². The monoisotopic (exact) mass is 684 g/mol. The molecule has 2 aliphatic rings. The van der Waals surface area contributed by atoms with Crippen LogP contribution in [0.15, 0.2) is 24.3 Å². The molecule has 0 aromatic heterocycles. The lowest BCUT2D eigenvalue weighted by Crippen LogP contribution is -2.65. The number of carbonyl (C=O) groups is 3. The van der Waals surface area contributed by atoms with Gasteiger partial charge in [0.15, 0.2) is 0 Å².